The van der Waals surface area contributed by atoms with Gasteiger partial charge < -0.3 is 9.97 Å². The van der Waals surface area contributed by atoms with Crippen molar-refractivity contribution in [1.82, 2.24) is 14.5 Å². The monoisotopic (exact) mass is 590 g/mol. The highest BCUT2D eigenvalue weighted by Gasteiger charge is 2.35. The van der Waals surface area contributed by atoms with Crippen molar-refractivity contribution >= 4 is 60.7 Å². The molecule has 0 saturated heterocycles. The molecule has 3 nitrogen and oxygen atoms in total. The second-order valence-corrected chi connectivity index (χ2v) is 12.2. The molecule has 9 aromatic rings. The summed E-state index contributed by atoms with van der Waals surface area (Å²) < 4.78 is 0.515. The summed E-state index contributed by atoms with van der Waals surface area (Å²) in [4.78, 5) is 7.52. The zero-order valence-corrected chi connectivity index (χ0v) is 25.5. The third kappa shape index (κ3) is 3.96. The molecule has 0 spiro atoms. The summed E-state index contributed by atoms with van der Waals surface area (Å²) in [7, 11) is 2.32. The molecule has 0 radical (unpaired) electrons. The number of rotatable bonds is 5. The molecule has 0 aliphatic carbocycles. The van der Waals surface area contributed by atoms with Crippen molar-refractivity contribution in [1.29, 1.82) is 0 Å². The van der Waals surface area contributed by atoms with Crippen molar-refractivity contribution in [3.63, 3.8) is 0 Å². The molecule has 2 heterocycles. The van der Waals surface area contributed by atoms with Gasteiger partial charge in [-0.3, -0.25) is 0 Å². The van der Waals surface area contributed by atoms with Crippen LogP contribution in [0, 0.1) is 0 Å². The van der Waals surface area contributed by atoms with E-state index in [-0.39, 0.29) is 0 Å². The second kappa shape index (κ2) is 10.3. The Kier molecular flexibility index (Phi) is 5.95. The Morgan fingerprint density at radius 1 is 0.413 bits per heavy atom. The third-order valence-electron chi connectivity index (χ3n) is 9.69. The van der Waals surface area contributed by atoms with Gasteiger partial charge in [-0.2, -0.15) is 0 Å². The molecule has 46 heavy (non-hydrogen) atoms. The van der Waals surface area contributed by atoms with E-state index in [4.69, 9.17) is 0 Å². The maximum Gasteiger partial charge on any atom is 0.151 e. The first-order valence-corrected chi connectivity index (χ1v) is 15.8. The lowest BCUT2D eigenvalue weighted by Crippen LogP contribution is -2.34. The molecule has 0 aliphatic heterocycles. The van der Waals surface area contributed by atoms with E-state index in [9.17, 15) is 0 Å². The highest BCUT2D eigenvalue weighted by atomic mass is 15.3. The maximum absolute atomic E-state index is 3.88. The van der Waals surface area contributed by atoms with Gasteiger partial charge in [0.15, 0.2) is 5.69 Å². The van der Waals surface area contributed by atoms with Crippen LogP contribution in [0.25, 0.3) is 65.9 Å². The first-order chi connectivity index (χ1) is 22.7. The Bertz CT molecular complexity index is 2480. The smallest absolute Gasteiger partial charge is 0.151 e. The van der Waals surface area contributed by atoms with Crippen LogP contribution in [0.2, 0.25) is 0 Å². The van der Waals surface area contributed by atoms with Crippen molar-refractivity contribution in [3.05, 3.63) is 164 Å². The summed E-state index contributed by atoms with van der Waals surface area (Å²) in [6, 6.07) is 59.1. The number of fused-ring (bicyclic) bond motifs is 7. The average Bonchev–Trinajstić information content (AvgIpc) is 3.70. The lowest BCUT2D eigenvalue weighted by molar-refractivity contribution is 0.629. The second-order valence-electron chi connectivity index (χ2n) is 12.2. The number of benzene rings is 7. The van der Waals surface area contributed by atoms with Gasteiger partial charge in [0.2, 0.25) is 0 Å². The first-order valence-electron chi connectivity index (χ1n) is 15.8. The lowest BCUT2D eigenvalue weighted by Gasteiger charge is -2.35. The van der Waals surface area contributed by atoms with Crippen LogP contribution < -0.4 is 4.48 Å². The minimum Gasteiger partial charge on any atom is -0.354 e. The molecule has 3 heteroatoms. The Balaban J connectivity index is 1.38. The minimum atomic E-state index is 0.515. The average molecular weight is 591 g/mol. The van der Waals surface area contributed by atoms with Gasteiger partial charge in [-0.05, 0) is 59.7 Å². The molecule has 0 aliphatic rings. The number of nitrogens with zero attached hydrogens (tertiary/aromatic N) is 1. The Morgan fingerprint density at radius 3 is 1.72 bits per heavy atom. The van der Waals surface area contributed by atoms with E-state index >= 15 is 0 Å². The van der Waals surface area contributed by atoms with Crippen LogP contribution in [-0.4, -0.2) is 17.0 Å². The van der Waals surface area contributed by atoms with Crippen molar-refractivity contribution in [2.24, 2.45) is 0 Å². The summed E-state index contributed by atoms with van der Waals surface area (Å²) in [5.41, 5.74) is 13.0. The Morgan fingerprint density at radius 2 is 1.00 bits per heavy atom. The molecule has 7 aromatic carbocycles. The summed E-state index contributed by atoms with van der Waals surface area (Å²) in [5.74, 6) is 0. The van der Waals surface area contributed by atoms with E-state index in [1.807, 2.05) is 0 Å². The van der Waals surface area contributed by atoms with Gasteiger partial charge in [0.25, 0.3) is 0 Å². The summed E-state index contributed by atoms with van der Waals surface area (Å²) in [5, 5.41) is 5.01. The zero-order chi connectivity index (χ0) is 30.7. The molecular formula is C43H32N3+. The largest absolute Gasteiger partial charge is 0.354 e. The van der Waals surface area contributed by atoms with Gasteiger partial charge in [-0.1, -0.05) is 109 Å². The van der Waals surface area contributed by atoms with Gasteiger partial charge in [0.1, 0.15) is 11.4 Å². The number of quaternary nitrogens is 1. The van der Waals surface area contributed by atoms with Crippen molar-refractivity contribution in [2.75, 3.05) is 7.05 Å². The number of H-pyrrole nitrogens is 2. The van der Waals surface area contributed by atoms with Crippen LogP contribution in [0.15, 0.2) is 164 Å². The molecule has 0 bridgehead atoms. The maximum atomic E-state index is 3.88. The molecule has 0 saturated carbocycles. The van der Waals surface area contributed by atoms with Crippen LogP contribution in [0.4, 0.5) is 17.1 Å². The molecule has 0 fully saturated rings. The predicted molar refractivity (Wildman–Crippen MR) is 196 cm³/mol. The number of hydrogen-bond acceptors (Lipinski definition) is 0. The predicted octanol–water partition coefficient (Wildman–Crippen LogP) is 11.9. The fourth-order valence-corrected chi connectivity index (χ4v) is 7.40. The van der Waals surface area contributed by atoms with Crippen LogP contribution in [0.1, 0.15) is 0 Å². The van der Waals surface area contributed by atoms with E-state index in [0.29, 0.717) is 4.48 Å². The number of para-hydroxylation sites is 4. The van der Waals surface area contributed by atoms with Crippen LogP contribution in [0.5, 0.6) is 0 Å². The summed E-state index contributed by atoms with van der Waals surface area (Å²) in [6.45, 7) is 0. The van der Waals surface area contributed by atoms with Gasteiger partial charge in [0, 0.05) is 55.3 Å². The van der Waals surface area contributed by atoms with Crippen molar-refractivity contribution in [2.45, 2.75) is 0 Å². The third-order valence-corrected chi connectivity index (χ3v) is 9.69. The summed E-state index contributed by atoms with van der Waals surface area (Å²) in [6.07, 6.45) is 0. The standard InChI is InChI=1S/C43H32N3/c1-46(31-16-7-3-8-17-31,32-18-9-4-10-19-32)40-28-30(29-14-5-2-6-15-29)24-25-33(40)34-21-13-22-36-42-39(45-43(34)36)27-26-38-41(42)35-20-11-12-23-37(35)44-38/h2-28,44-45H,1H3/q+1. The minimum absolute atomic E-state index is 0.515. The van der Waals surface area contributed by atoms with Crippen LogP contribution in [-0.2, 0) is 0 Å². The van der Waals surface area contributed by atoms with Gasteiger partial charge in [-0.15, -0.1) is 0 Å². The molecule has 0 unspecified atom stereocenters. The van der Waals surface area contributed by atoms with E-state index < -0.39 is 0 Å². The molecule has 2 aromatic heterocycles. The number of aromatic amines is 2. The van der Waals surface area contributed by atoms with Crippen LogP contribution >= 0.6 is 0 Å². The SMILES string of the molecule is C[N+](c1ccccc1)(c1ccccc1)c1cc(-c2ccccc2)ccc1-c1cccc2c1[nH]c1ccc3[nH]c4ccccc4c3c12. The Hall–Kier alpha value is -5.90. The van der Waals surface area contributed by atoms with E-state index in [2.05, 4.69) is 181 Å². The fourth-order valence-electron chi connectivity index (χ4n) is 7.40. The molecule has 9 rings (SSSR count). The summed E-state index contributed by atoms with van der Waals surface area (Å²) >= 11 is 0. The molecule has 218 valence electrons. The normalized spacial score (nSPS) is 12.0. The molecule has 2 N–H and O–H groups in total. The number of nitrogens with one attached hydrogen (secondary N) is 2. The Labute approximate surface area is 267 Å². The highest BCUT2D eigenvalue weighted by Crippen LogP contribution is 2.49. The fraction of sp³-hybridized carbons (Fsp3) is 0.0233. The van der Waals surface area contributed by atoms with E-state index in [0.717, 1.165) is 22.1 Å². The highest BCUT2D eigenvalue weighted by molar-refractivity contribution is 6.28. The molecule has 0 amide bonds. The van der Waals surface area contributed by atoms with Gasteiger partial charge in [-0.25, -0.2) is 4.48 Å². The molecular weight excluding hydrogens is 558 g/mol. The quantitative estimate of drug-likeness (QED) is 0.187. The van der Waals surface area contributed by atoms with Gasteiger partial charge in [0.05, 0.1) is 12.6 Å². The topological polar surface area (TPSA) is 31.6 Å². The van der Waals surface area contributed by atoms with Crippen molar-refractivity contribution in [3.8, 4) is 22.3 Å². The van der Waals surface area contributed by atoms with E-state index in [1.165, 1.54) is 60.9 Å². The van der Waals surface area contributed by atoms with Crippen molar-refractivity contribution < 1.29 is 0 Å². The number of hydrogen-bond donors (Lipinski definition) is 2. The molecule has 0 atom stereocenters. The lowest BCUT2D eigenvalue weighted by atomic mass is 9.94. The van der Waals surface area contributed by atoms with E-state index in [1.54, 1.807) is 0 Å². The van der Waals surface area contributed by atoms with Gasteiger partial charge >= 0.3 is 0 Å². The first kappa shape index (κ1) is 26.5. The van der Waals surface area contributed by atoms with Crippen LogP contribution in [0.3, 0.4) is 0 Å². The number of aromatic nitrogens is 2. The zero-order valence-electron chi connectivity index (χ0n) is 25.5.